The molecular formula is C13H20ClN3O. The average Bonchev–Trinajstić information content (AvgIpc) is 2.26. The highest BCUT2D eigenvalue weighted by atomic mass is 35.5. The molecule has 0 atom stereocenters. The molecule has 0 bridgehead atoms. The first-order valence-electron chi connectivity index (χ1n) is 6.62. The van der Waals surface area contributed by atoms with Crippen molar-refractivity contribution in [3.8, 4) is 0 Å². The van der Waals surface area contributed by atoms with Crippen molar-refractivity contribution < 1.29 is 4.74 Å². The molecule has 2 rings (SSSR count). The van der Waals surface area contributed by atoms with Crippen molar-refractivity contribution in [2.75, 3.05) is 11.9 Å². The van der Waals surface area contributed by atoms with Crippen molar-refractivity contribution in [3.63, 3.8) is 0 Å². The van der Waals surface area contributed by atoms with Gasteiger partial charge in [-0.25, -0.2) is 9.97 Å². The molecule has 1 fully saturated rings. The maximum absolute atomic E-state index is 5.99. The van der Waals surface area contributed by atoms with Gasteiger partial charge in [0.1, 0.15) is 16.8 Å². The second kappa shape index (κ2) is 6.34. The fourth-order valence-corrected chi connectivity index (χ4v) is 2.34. The molecule has 1 aliphatic carbocycles. The molecule has 1 N–H and O–H groups in total. The van der Waals surface area contributed by atoms with E-state index in [-0.39, 0.29) is 0 Å². The van der Waals surface area contributed by atoms with E-state index >= 15 is 0 Å². The summed E-state index contributed by atoms with van der Waals surface area (Å²) in [5.74, 6) is 1.64. The Balaban J connectivity index is 1.90. The lowest BCUT2D eigenvalue weighted by Crippen LogP contribution is -2.41. The topological polar surface area (TPSA) is 47.0 Å². The van der Waals surface area contributed by atoms with E-state index < -0.39 is 0 Å². The highest BCUT2D eigenvalue weighted by Crippen LogP contribution is 2.26. The van der Waals surface area contributed by atoms with Gasteiger partial charge in [-0.05, 0) is 26.2 Å². The third-order valence-electron chi connectivity index (χ3n) is 3.06. The van der Waals surface area contributed by atoms with E-state index in [9.17, 15) is 0 Å². The van der Waals surface area contributed by atoms with Crippen molar-refractivity contribution in [1.29, 1.82) is 0 Å². The number of hydrogen-bond acceptors (Lipinski definition) is 4. The molecule has 1 aromatic rings. The minimum absolute atomic E-state index is 0.403. The van der Waals surface area contributed by atoms with Crippen LogP contribution in [0.4, 0.5) is 5.82 Å². The van der Waals surface area contributed by atoms with E-state index in [4.69, 9.17) is 16.3 Å². The van der Waals surface area contributed by atoms with Gasteiger partial charge in [-0.1, -0.05) is 18.5 Å². The fourth-order valence-electron chi connectivity index (χ4n) is 2.14. The van der Waals surface area contributed by atoms with Gasteiger partial charge in [-0.2, -0.15) is 0 Å². The largest absolute Gasteiger partial charge is 0.378 e. The molecule has 4 nitrogen and oxygen atoms in total. The zero-order valence-corrected chi connectivity index (χ0v) is 11.7. The van der Waals surface area contributed by atoms with E-state index in [2.05, 4.69) is 22.2 Å². The molecule has 1 aromatic heterocycles. The van der Waals surface area contributed by atoms with E-state index in [1.807, 2.05) is 6.92 Å². The van der Waals surface area contributed by atoms with Gasteiger partial charge < -0.3 is 10.1 Å². The molecule has 1 aliphatic rings. The first-order chi connectivity index (χ1) is 8.71. The zero-order chi connectivity index (χ0) is 13.0. The lowest BCUT2D eigenvalue weighted by Gasteiger charge is -2.35. The predicted molar refractivity (Wildman–Crippen MR) is 73.1 cm³/mol. The van der Waals surface area contributed by atoms with Crippen LogP contribution in [0.1, 0.15) is 38.9 Å². The number of anilines is 1. The number of halogens is 1. The van der Waals surface area contributed by atoms with Crippen LogP contribution in [0.15, 0.2) is 6.07 Å². The Kier molecular flexibility index (Phi) is 4.78. The summed E-state index contributed by atoms with van der Waals surface area (Å²) in [5.41, 5.74) is 0. The summed E-state index contributed by atoms with van der Waals surface area (Å²) in [6.45, 7) is 4.93. The summed E-state index contributed by atoms with van der Waals surface area (Å²) < 4.78 is 5.53. The van der Waals surface area contributed by atoms with Crippen LogP contribution in [0.2, 0.25) is 5.15 Å². The summed E-state index contributed by atoms with van der Waals surface area (Å²) >= 11 is 5.99. The molecular weight excluding hydrogens is 250 g/mol. The molecule has 0 amide bonds. The Bertz CT molecular complexity index is 394. The SMILES string of the molecule is CCCc1nc(Cl)cc(NC2CC(OCC)C2)n1. The van der Waals surface area contributed by atoms with Crippen molar-refractivity contribution in [3.05, 3.63) is 17.0 Å². The highest BCUT2D eigenvalue weighted by Gasteiger charge is 2.29. The minimum Gasteiger partial charge on any atom is -0.378 e. The van der Waals surface area contributed by atoms with Crippen LogP contribution >= 0.6 is 11.6 Å². The van der Waals surface area contributed by atoms with Crippen LogP contribution in [0.3, 0.4) is 0 Å². The first-order valence-corrected chi connectivity index (χ1v) is 7.00. The van der Waals surface area contributed by atoms with Gasteiger partial charge in [-0.15, -0.1) is 0 Å². The van der Waals surface area contributed by atoms with Crippen LogP contribution in [0, 0.1) is 0 Å². The van der Waals surface area contributed by atoms with Crippen molar-refractivity contribution in [2.45, 2.75) is 51.7 Å². The quantitative estimate of drug-likeness (QED) is 0.807. The molecule has 0 radical (unpaired) electrons. The Hall–Kier alpha value is -0.870. The molecule has 0 saturated heterocycles. The smallest absolute Gasteiger partial charge is 0.134 e. The molecule has 0 spiro atoms. The molecule has 18 heavy (non-hydrogen) atoms. The number of aromatic nitrogens is 2. The lowest BCUT2D eigenvalue weighted by molar-refractivity contribution is 0.00292. The Morgan fingerprint density at radius 1 is 1.39 bits per heavy atom. The number of nitrogens with one attached hydrogen (secondary N) is 1. The van der Waals surface area contributed by atoms with E-state index in [0.717, 1.165) is 43.9 Å². The lowest BCUT2D eigenvalue weighted by atomic mass is 9.89. The van der Waals surface area contributed by atoms with Gasteiger partial charge in [0.05, 0.1) is 6.10 Å². The summed E-state index contributed by atoms with van der Waals surface area (Å²) in [5, 5.41) is 3.90. The van der Waals surface area contributed by atoms with E-state index in [0.29, 0.717) is 17.3 Å². The van der Waals surface area contributed by atoms with Gasteiger partial charge >= 0.3 is 0 Å². The molecule has 0 aliphatic heterocycles. The van der Waals surface area contributed by atoms with E-state index in [1.165, 1.54) is 0 Å². The van der Waals surface area contributed by atoms with Crippen molar-refractivity contribution in [1.82, 2.24) is 9.97 Å². The Morgan fingerprint density at radius 3 is 2.83 bits per heavy atom. The van der Waals surface area contributed by atoms with Crippen molar-refractivity contribution in [2.24, 2.45) is 0 Å². The Labute approximate surface area is 113 Å². The molecule has 0 aromatic carbocycles. The second-order valence-corrected chi connectivity index (χ2v) is 5.02. The Morgan fingerprint density at radius 2 is 2.17 bits per heavy atom. The predicted octanol–water partition coefficient (Wildman–Crippen LogP) is 3.06. The van der Waals surface area contributed by atoms with Crippen LogP contribution in [0.25, 0.3) is 0 Å². The standard InChI is InChI=1S/C13H20ClN3O/c1-3-5-12-16-11(14)8-13(17-12)15-9-6-10(7-9)18-4-2/h8-10H,3-7H2,1-2H3,(H,15,16,17). The van der Waals surface area contributed by atoms with Gasteiger partial charge in [0.25, 0.3) is 0 Å². The number of hydrogen-bond donors (Lipinski definition) is 1. The number of ether oxygens (including phenoxy) is 1. The third kappa shape index (κ3) is 3.56. The number of nitrogens with zero attached hydrogens (tertiary/aromatic N) is 2. The number of rotatable bonds is 6. The van der Waals surface area contributed by atoms with Gasteiger partial charge in [0.2, 0.25) is 0 Å². The van der Waals surface area contributed by atoms with Crippen LogP contribution in [-0.2, 0) is 11.2 Å². The van der Waals surface area contributed by atoms with Crippen LogP contribution < -0.4 is 5.32 Å². The molecule has 100 valence electrons. The second-order valence-electron chi connectivity index (χ2n) is 4.63. The van der Waals surface area contributed by atoms with Gasteiger partial charge in [0.15, 0.2) is 0 Å². The number of aryl methyl sites for hydroxylation is 1. The normalized spacial score (nSPS) is 22.6. The molecule has 1 heterocycles. The zero-order valence-electron chi connectivity index (χ0n) is 10.9. The first kappa shape index (κ1) is 13.6. The van der Waals surface area contributed by atoms with Gasteiger partial charge in [0, 0.05) is 25.1 Å². The average molecular weight is 270 g/mol. The van der Waals surface area contributed by atoms with Crippen LogP contribution in [-0.4, -0.2) is 28.7 Å². The van der Waals surface area contributed by atoms with Crippen LogP contribution in [0.5, 0.6) is 0 Å². The summed E-state index contributed by atoms with van der Waals surface area (Å²) in [7, 11) is 0. The third-order valence-corrected chi connectivity index (χ3v) is 3.26. The highest BCUT2D eigenvalue weighted by molar-refractivity contribution is 6.29. The summed E-state index contributed by atoms with van der Waals surface area (Å²) in [4.78, 5) is 8.68. The maximum atomic E-state index is 5.99. The minimum atomic E-state index is 0.403. The van der Waals surface area contributed by atoms with Gasteiger partial charge in [-0.3, -0.25) is 0 Å². The monoisotopic (exact) mass is 269 g/mol. The fraction of sp³-hybridized carbons (Fsp3) is 0.692. The summed E-state index contributed by atoms with van der Waals surface area (Å²) in [6, 6.07) is 2.23. The summed E-state index contributed by atoms with van der Waals surface area (Å²) in [6.07, 6.45) is 4.37. The molecule has 0 unspecified atom stereocenters. The van der Waals surface area contributed by atoms with E-state index in [1.54, 1.807) is 6.07 Å². The molecule has 1 saturated carbocycles. The maximum Gasteiger partial charge on any atom is 0.134 e. The molecule has 5 heteroatoms. The van der Waals surface area contributed by atoms with Crippen molar-refractivity contribution >= 4 is 17.4 Å².